The van der Waals surface area contributed by atoms with E-state index in [-0.39, 0.29) is 5.41 Å². The number of aliphatic hydroxyl groups excluding tert-OH is 1. The van der Waals surface area contributed by atoms with E-state index in [1.54, 1.807) is 26.0 Å². The first kappa shape index (κ1) is 29.3. The quantitative estimate of drug-likeness (QED) is 0.343. The number of alkyl halides is 1. The van der Waals surface area contributed by atoms with Crippen molar-refractivity contribution in [2.75, 3.05) is 0 Å². The summed E-state index contributed by atoms with van der Waals surface area (Å²) in [5, 5.41) is 10.3. The maximum absolute atomic E-state index is 14.2. The van der Waals surface area contributed by atoms with E-state index in [4.69, 9.17) is 0 Å². The molecule has 0 spiro atoms. The lowest BCUT2D eigenvalue weighted by atomic mass is 9.46. The molecule has 0 heterocycles. The fourth-order valence-corrected chi connectivity index (χ4v) is 12.3. The van der Waals surface area contributed by atoms with E-state index >= 15 is 0 Å². The first-order valence-corrected chi connectivity index (χ1v) is 17.1. The number of rotatable bonds is 7. The molecule has 1 aromatic carbocycles. The minimum atomic E-state index is -3.61. The minimum absolute atomic E-state index is 0.271. The summed E-state index contributed by atoms with van der Waals surface area (Å²) in [6.45, 7) is 12.5. The van der Waals surface area contributed by atoms with Gasteiger partial charge in [-0.05, 0) is 119 Å². The van der Waals surface area contributed by atoms with Crippen molar-refractivity contribution in [1.82, 2.24) is 0 Å². The fraction of sp³-hybridized carbons (Fsp3) is 0.765. The Hall–Kier alpha value is -1.20. The predicted molar refractivity (Wildman–Crippen MR) is 157 cm³/mol. The van der Waals surface area contributed by atoms with Gasteiger partial charge in [0, 0.05) is 5.41 Å². The normalized spacial score (nSPS) is 39.3. The van der Waals surface area contributed by atoms with E-state index in [0.717, 1.165) is 37.7 Å². The molecule has 3 nitrogen and oxygen atoms in total. The van der Waals surface area contributed by atoms with Gasteiger partial charge in [0.2, 0.25) is 0 Å². The van der Waals surface area contributed by atoms with E-state index in [9.17, 15) is 17.9 Å². The molecule has 0 saturated heterocycles. The molecule has 4 aliphatic rings. The lowest BCUT2D eigenvalue weighted by molar-refractivity contribution is -0.0558. The molecular formula is C34H51FO3S. The Morgan fingerprint density at radius 2 is 1.79 bits per heavy atom. The van der Waals surface area contributed by atoms with Gasteiger partial charge in [0.05, 0.1) is 16.2 Å². The molecule has 0 aromatic heterocycles. The second-order valence-corrected chi connectivity index (χ2v) is 17.0. The van der Waals surface area contributed by atoms with Crippen LogP contribution in [0.3, 0.4) is 0 Å². The van der Waals surface area contributed by atoms with Crippen LogP contribution in [0.4, 0.5) is 4.39 Å². The molecule has 4 aliphatic carbocycles. The number of hydrogen-bond acceptors (Lipinski definition) is 3. The Balaban J connectivity index is 1.43. The van der Waals surface area contributed by atoms with Gasteiger partial charge in [-0.25, -0.2) is 12.8 Å². The van der Waals surface area contributed by atoms with Crippen LogP contribution in [-0.4, -0.2) is 30.5 Å². The first-order chi connectivity index (χ1) is 18.2. The number of halogens is 1. The van der Waals surface area contributed by atoms with Crippen molar-refractivity contribution >= 4 is 9.84 Å². The van der Waals surface area contributed by atoms with E-state index in [0.29, 0.717) is 53.7 Å². The van der Waals surface area contributed by atoms with Gasteiger partial charge in [0.1, 0.15) is 5.67 Å². The summed E-state index contributed by atoms with van der Waals surface area (Å²) in [5.41, 5.74) is 0.969. The van der Waals surface area contributed by atoms with E-state index in [1.807, 2.05) is 19.1 Å². The molecule has 5 rings (SSSR count). The van der Waals surface area contributed by atoms with Crippen LogP contribution in [0.1, 0.15) is 104 Å². The van der Waals surface area contributed by atoms with Crippen LogP contribution in [0.25, 0.3) is 0 Å². The van der Waals surface area contributed by atoms with Gasteiger partial charge in [-0.15, -0.1) is 0 Å². The maximum Gasteiger partial charge on any atom is 0.182 e. The summed E-state index contributed by atoms with van der Waals surface area (Å²) in [6.07, 6.45) is 11.0. The van der Waals surface area contributed by atoms with Crippen LogP contribution >= 0.6 is 0 Å². The molecule has 3 saturated carbocycles. The third kappa shape index (κ3) is 5.07. The smallest absolute Gasteiger partial charge is 0.182 e. The van der Waals surface area contributed by atoms with Crippen molar-refractivity contribution in [1.29, 1.82) is 0 Å². The topological polar surface area (TPSA) is 54.4 Å². The van der Waals surface area contributed by atoms with E-state index in [1.165, 1.54) is 18.4 Å². The average Bonchev–Trinajstić information content (AvgIpc) is 3.21. The molecular weight excluding hydrogens is 507 g/mol. The van der Waals surface area contributed by atoms with Crippen molar-refractivity contribution in [3.8, 4) is 0 Å². The highest BCUT2D eigenvalue weighted by Gasteiger charge is 2.62. The molecule has 39 heavy (non-hydrogen) atoms. The summed E-state index contributed by atoms with van der Waals surface area (Å²) in [4.78, 5) is 0.391. The molecule has 0 bridgehead atoms. The minimum Gasteiger partial charge on any atom is -0.393 e. The molecule has 218 valence electrons. The fourth-order valence-electron chi connectivity index (χ4n) is 10.0. The number of allylic oxidation sites excluding steroid dienone is 1. The molecule has 0 amide bonds. The van der Waals surface area contributed by atoms with Crippen LogP contribution in [0.2, 0.25) is 0 Å². The highest BCUT2D eigenvalue weighted by molar-refractivity contribution is 7.92. The largest absolute Gasteiger partial charge is 0.393 e. The molecule has 0 radical (unpaired) electrons. The summed E-state index contributed by atoms with van der Waals surface area (Å²) < 4.78 is 42.6. The van der Waals surface area contributed by atoms with Crippen molar-refractivity contribution in [3.05, 3.63) is 41.5 Å². The maximum atomic E-state index is 14.2. The van der Waals surface area contributed by atoms with Crippen LogP contribution in [0.15, 0.2) is 40.8 Å². The standard InChI is InChI=1S/C34H51FO3S/c1-22-9-12-26(13-10-22)39(37,38)31-21-25(36)20-24-11-14-27-29-16-15-28(23(2)8-7-18-32(3,4)35)33(29,5)19-17-30(27)34(24,31)6/h9-13,23,25,27-31,36H,7-8,14-21H2,1-6H3/t23-,25?,27+,28-,29+,30+,31+,33-,34+/m1/s1. The number of aliphatic hydroxyl groups is 1. The van der Waals surface area contributed by atoms with Crippen molar-refractivity contribution < 1.29 is 17.9 Å². The Morgan fingerprint density at radius 3 is 2.46 bits per heavy atom. The highest BCUT2D eigenvalue weighted by atomic mass is 32.2. The molecule has 3 fully saturated rings. The van der Waals surface area contributed by atoms with Crippen LogP contribution in [-0.2, 0) is 9.84 Å². The number of hydrogen-bond donors (Lipinski definition) is 1. The lowest BCUT2D eigenvalue weighted by Crippen LogP contribution is -2.57. The zero-order chi connectivity index (χ0) is 28.4. The van der Waals surface area contributed by atoms with Gasteiger partial charge in [-0.1, -0.05) is 63.0 Å². The van der Waals surface area contributed by atoms with Crippen LogP contribution < -0.4 is 0 Å². The van der Waals surface area contributed by atoms with Crippen LogP contribution in [0, 0.1) is 47.3 Å². The number of sulfone groups is 1. The van der Waals surface area contributed by atoms with Gasteiger partial charge in [0.15, 0.2) is 9.84 Å². The molecule has 1 aromatic rings. The number of benzene rings is 1. The number of aryl methyl sites for hydroxylation is 1. The third-order valence-electron chi connectivity index (χ3n) is 12.1. The molecule has 0 aliphatic heterocycles. The van der Waals surface area contributed by atoms with Crippen molar-refractivity contribution in [2.45, 2.75) is 128 Å². The predicted octanol–water partition coefficient (Wildman–Crippen LogP) is 8.24. The SMILES string of the molecule is Cc1ccc(S(=O)(=O)[C@H]2CC(O)CC3=CC[C@H]4[C@@H]5CC[C@H]([C@H](C)CCCC(C)(C)F)[C@@]5(C)CC[C@@H]4[C@]32C)cc1. The zero-order valence-electron chi connectivity index (χ0n) is 25.0. The monoisotopic (exact) mass is 558 g/mol. The summed E-state index contributed by atoms with van der Waals surface area (Å²) in [6, 6.07) is 7.28. The van der Waals surface area contributed by atoms with Gasteiger partial charge in [0.25, 0.3) is 0 Å². The lowest BCUT2D eigenvalue weighted by Gasteiger charge is -2.60. The van der Waals surface area contributed by atoms with E-state index in [2.05, 4.69) is 26.8 Å². The first-order valence-electron chi connectivity index (χ1n) is 15.5. The zero-order valence-corrected chi connectivity index (χ0v) is 25.9. The summed E-state index contributed by atoms with van der Waals surface area (Å²) in [5.74, 6) is 2.67. The molecule has 5 heteroatoms. The molecule has 1 unspecified atom stereocenters. The third-order valence-corrected chi connectivity index (χ3v) is 14.4. The summed E-state index contributed by atoms with van der Waals surface area (Å²) >= 11 is 0. The Labute approximate surface area is 237 Å². The van der Waals surface area contributed by atoms with Gasteiger partial charge in [-0.3, -0.25) is 0 Å². The summed E-state index contributed by atoms with van der Waals surface area (Å²) in [7, 11) is -3.61. The van der Waals surface area contributed by atoms with Gasteiger partial charge in [-0.2, -0.15) is 0 Å². The van der Waals surface area contributed by atoms with E-state index < -0.39 is 32.3 Å². The Bertz CT molecular complexity index is 1180. The van der Waals surface area contributed by atoms with Gasteiger partial charge >= 0.3 is 0 Å². The van der Waals surface area contributed by atoms with Gasteiger partial charge < -0.3 is 5.11 Å². The van der Waals surface area contributed by atoms with Crippen molar-refractivity contribution in [3.63, 3.8) is 0 Å². The Kier molecular flexibility index (Phi) is 7.71. The molecule has 9 atom stereocenters. The number of fused-ring (bicyclic) bond motifs is 5. The molecule has 1 N–H and O–H groups in total. The second-order valence-electron chi connectivity index (χ2n) is 14.9. The Morgan fingerprint density at radius 1 is 1.10 bits per heavy atom. The van der Waals surface area contributed by atoms with Crippen LogP contribution in [0.5, 0.6) is 0 Å². The highest BCUT2D eigenvalue weighted by Crippen LogP contribution is 2.68. The second kappa shape index (κ2) is 10.3. The van der Waals surface area contributed by atoms with Crippen molar-refractivity contribution in [2.24, 2.45) is 40.4 Å². The average molecular weight is 559 g/mol.